The fourth-order valence-corrected chi connectivity index (χ4v) is 2.10. The lowest BCUT2D eigenvalue weighted by Crippen LogP contribution is -2.13. The monoisotopic (exact) mass is 321 g/mol. The maximum atomic E-state index is 11.9. The van der Waals surface area contributed by atoms with Crippen LogP contribution in [0.15, 0.2) is 24.3 Å². The van der Waals surface area contributed by atoms with Gasteiger partial charge in [-0.2, -0.15) is 0 Å². The first-order valence-electron chi connectivity index (χ1n) is 8.11. The van der Waals surface area contributed by atoms with Gasteiger partial charge < -0.3 is 14.8 Å². The lowest BCUT2D eigenvalue weighted by atomic mass is 10.1. The number of hydrogen-bond donors (Lipinski definition) is 1. The van der Waals surface area contributed by atoms with E-state index < -0.39 is 0 Å². The standard InChI is InChI=1S/C18H27NO4/c1-14(2)8-7-13-23-18(21)12-6-11-17(20)19-15-9-4-5-10-16(15)22-3/h4-5,9-10,14H,6-8,11-13H2,1-3H3,(H,19,20). The number of carbonyl (C=O) groups is 2. The summed E-state index contributed by atoms with van der Waals surface area (Å²) >= 11 is 0. The van der Waals surface area contributed by atoms with Crippen LogP contribution in [0.2, 0.25) is 0 Å². The van der Waals surface area contributed by atoms with Crippen LogP contribution >= 0.6 is 0 Å². The Balaban J connectivity index is 2.20. The lowest BCUT2D eigenvalue weighted by Gasteiger charge is -2.09. The van der Waals surface area contributed by atoms with Gasteiger partial charge in [0.15, 0.2) is 0 Å². The van der Waals surface area contributed by atoms with E-state index in [2.05, 4.69) is 19.2 Å². The number of benzene rings is 1. The fourth-order valence-electron chi connectivity index (χ4n) is 2.10. The molecule has 1 N–H and O–H groups in total. The molecule has 1 aromatic rings. The Kier molecular flexibility index (Phi) is 8.80. The van der Waals surface area contributed by atoms with Gasteiger partial charge in [0.05, 0.1) is 19.4 Å². The average Bonchev–Trinajstić information content (AvgIpc) is 2.52. The molecule has 1 rings (SSSR count). The van der Waals surface area contributed by atoms with E-state index in [1.54, 1.807) is 19.2 Å². The summed E-state index contributed by atoms with van der Waals surface area (Å²) in [5.41, 5.74) is 0.635. The Labute approximate surface area is 138 Å². The third-order valence-corrected chi connectivity index (χ3v) is 3.35. The molecule has 0 aliphatic rings. The molecule has 0 saturated carbocycles. The van der Waals surface area contributed by atoms with Crippen molar-refractivity contribution in [2.24, 2.45) is 5.92 Å². The Morgan fingerprint density at radius 1 is 1.13 bits per heavy atom. The van der Waals surface area contributed by atoms with E-state index in [1.807, 2.05) is 12.1 Å². The summed E-state index contributed by atoms with van der Waals surface area (Å²) in [6.07, 6.45) is 2.95. The van der Waals surface area contributed by atoms with Crippen LogP contribution in [0.3, 0.4) is 0 Å². The number of rotatable bonds is 10. The number of carbonyl (C=O) groups excluding carboxylic acids is 2. The van der Waals surface area contributed by atoms with Crippen molar-refractivity contribution in [3.8, 4) is 5.75 Å². The summed E-state index contributed by atoms with van der Waals surface area (Å²) < 4.78 is 10.3. The first-order valence-corrected chi connectivity index (χ1v) is 8.11. The van der Waals surface area contributed by atoms with Crippen LogP contribution in [-0.4, -0.2) is 25.6 Å². The molecule has 0 atom stereocenters. The maximum absolute atomic E-state index is 11.9. The Morgan fingerprint density at radius 3 is 2.57 bits per heavy atom. The van der Waals surface area contributed by atoms with E-state index in [1.165, 1.54) is 0 Å². The van der Waals surface area contributed by atoms with E-state index in [-0.39, 0.29) is 24.7 Å². The highest BCUT2D eigenvalue weighted by molar-refractivity contribution is 5.92. The van der Waals surface area contributed by atoms with Gasteiger partial charge in [-0.05, 0) is 37.3 Å². The molecule has 0 radical (unpaired) electrons. The van der Waals surface area contributed by atoms with E-state index >= 15 is 0 Å². The molecule has 0 aliphatic carbocycles. The zero-order chi connectivity index (χ0) is 17.1. The van der Waals surface area contributed by atoms with Crippen molar-refractivity contribution in [2.45, 2.75) is 46.0 Å². The SMILES string of the molecule is COc1ccccc1NC(=O)CCCC(=O)OCCCC(C)C. The third-order valence-electron chi connectivity index (χ3n) is 3.35. The molecular formula is C18H27NO4. The molecule has 0 bridgehead atoms. The molecule has 0 heterocycles. The van der Waals surface area contributed by atoms with Crippen LogP contribution in [-0.2, 0) is 14.3 Å². The van der Waals surface area contributed by atoms with Crippen molar-refractivity contribution < 1.29 is 19.1 Å². The van der Waals surface area contributed by atoms with Crippen LogP contribution in [0.4, 0.5) is 5.69 Å². The van der Waals surface area contributed by atoms with Crippen molar-refractivity contribution in [3.63, 3.8) is 0 Å². The number of methoxy groups -OCH3 is 1. The third kappa shape index (κ3) is 8.24. The molecule has 5 heteroatoms. The van der Waals surface area contributed by atoms with Crippen molar-refractivity contribution >= 4 is 17.6 Å². The van der Waals surface area contributed by atoms with Gasteiger partial charge in [0.2, 0.25) is 5.91 Å². The van der Waals surface area contributed by atoms with E-state index in [0.717, 1.165) is 12.8 Å². The summed E-state index contributed by atoms with van der Waals surface area (Å²) in [6.45, 7) is 4.74. The van der Waals surface area contributed by atoms with Gasteiger partial charge >= 0.3 is 5.97 Å². The van der Waals surface area contributed by atoms with Crippen LogP contribution < -0.4 is 10.1 Å². The summed E-state index contributed by atoms with van der Waals surface area (Å²) in [6, 6.07) is 7.22. The molecule has 0 aromatic heterocycles. The lowest BCUT2D eigenvalue weighted by molar-refractivity contribution is -0.143. The van der Waals surface area contributed by atoms with Gasteiger partial charge in [-0.1, -0.05) is 26.0 Å². The number of ether oxygens (including phenoxy) is 2. The maximum Gasteiger partial charge on any atom is 0.305 e. The predicted octanol–water partition coefficient (Wildman–Crippen LogP) is 3.78. The van der Waals surface area contributed by atoms with Gasteiger partial charge in [-0.3, -0.25) is 9.59 Å². The second-order valence-electron chi connectivity index (χ2n) is 5.86. The summed E-state index contributed by atoms with van der Waals surface area (Å²) in [4.78, 5) is 23.4. The quantitative estimate of drug-likeness (QED) is 0.526. The molecular weight excluding hydrogens is 294 g/mol. The van der Waals surface area contributed by atoms with Gasteiger partial charge in [0.1, 0.15) is 5.75 Å². The van der Waals surface area contributed by atoms with Gasteiger partial charge in [0, 0.05) is 12.8 Å². The second kappa shape index (κ2) is 10.6. The van der Waals surface area contributed by atoms with Crippen LogP contribution in [0.1, 0.15) is 46.0 Å². The minimum atomic E-state index is -0.237. The normalized spacial score (nSPS) is 10.4. The smallest absolute Gasteiger partial charge is 0.305 e. The molecule has 23 heavy (non-hydrogen) atoms. The highest BCUT2D eigenvalue weighted by Gasteiger charge is 2.09. The fraction of sp³-hybridized carbons (Fsp3) is 0.556. The molecule has 0 fully saturated rings. The van der Waals surface area contributed by atoms with Crippen molar-refractivity contribution in [3.05, 3.63) is 24.3 Å². The van der Waals surface area contributed by atoms with Gasteiger partial charge in [-0.15, -0.1) is 0 Å². The zero-order valence-corrected chi connectivity index (χ0v) is 14.3. The van der Waals surface area contributed by atoms with E-state index in [9.17, 15) is 9.59 Å². The highest BCUT2D eigenvalue weighted by Crippen LogP contribution is 2.23. The van der Waals surface area contributed by atoms with E-state index in [0.29, 0.717) is 30.4 Å². The first-order chi connectivity index (χ1) is 11.0. The summed E-state index contributed by atoms with van der Waals surface area (Å²) in [5, 5.41) is 2.78. The highest BCUT2D eigenvalue weighted by atomic mass is 16.5. The second-order valence-corrected chi connectivity index (χ2v) is 5.86. The van der Waals surface area contributed by atoms with Crippen LogP contribution in [0.25, 0.3) is 0 Å². The van der Waals surface area contributed by atoms with Gasteiger partial charge in [0.25, 0.3) is 0 Å². The summed E-state index contributed by atoms with van der Waals surface area (Å²) in [5.74, 6) is 0.860. The minimum Gasteiger partial charge on any atom is -0.495 e. The Hall–Kier alpha value is -2.04. The van der Waals surface area contributed by atoms with Crippen molar-refractivity contribution in [1.29, 1.82) is 0 Å². The summed E-state index contributed by atoms with van der Waals surface area (Å²) in [7, 11) is 1.56. The average molecular weight is 321 g/mol. The molecule has 0 aliphatic heterocycles. The number of anilines is 1. The minimum absolute atomic E-state index is 0.137. The van der Waals surface area contributed by atoms with Crippen molar-refractivity contribution in [1.82, 2.24) is 0 Å². The Morgan fingerprint density at radius 2 is 1.87 bits per heavy atom. The topological polar surface area (TPSA) is 64.6 Å². The molecule has 1 amide bonds. The molecule has 5 nitrogen and oxygen atoms in total. The molecule has 1 aromatic carbocycles. The number of para-hydroxylation sites is 2. The van der Waals surface area contributed by atoms with Crippen molar-refractivity contribution in [2.75, 3.05) is 19.0 Å². The Bertz CT molecular complexity index is 500. The number of esters is 1. The van der Waals surface area contributed by atoms with Gasteiger partial charge in [-0.25, -0.2) is 0 Å². The first kappa shape index (κ1) is 19.0. The molecule has 0 saturated heterocycles. The van der Waals surface area contributed by atoms with E-state index in [4.69, 9.17) is 9.47 Å². The van der Waals surface area contributed by atoms with Crippen LogP contribution in [0, 0.1) is 5.92 Å². The number of hydrogen-bond acceptors (Lipinski definition) is 4. The predicted molar refractivity (Wildman–Crippen MR) is 90.5 cm³/mol. The molecule has 0 spiro atoms. The largest absolute Gasteiger partial charge is 0.495 e. The molecule has 0 unspecified atom stereocenters. The zero-order valence-electron chi connectivity index (χ0n) is 14.3. The number of amides is 1. The molecule has 128 valence electrons. The number of nitrogens with one attached hydrogen (secondary N) is 1. The van der Waals surface area contributed by atoms with Crippen LogP contribution in [0.5, 0.6) is 5.75 Å².